The molecule has 3 heteroatoms. The van der Waals surface area contributed by atoms with Gasteiger partial charge in [-0.1, -0.05) is 12.8 Å². The largest absolute Gasteiger partial charge is 0.353 e. The minimum absolute atomic E-state index is 0.247. The summed E-state index contributed by atoms with van der Waals surface area (Å²) in [6.07, 6.45) is 9.48. The van der Waals surface area contributed by atoms with Crippen LogP contribution in [0.2, 0.25) is 0 Å². The lowest BCUT2D eigenvalue weighted by Gasteiger charge is -2.32. The first kappa shape index (κ1) is 12.9. The van der Waals surface area contributed by atoms with E-state index in [9.17, 15) is 4.79 Å². The molecule has 0 aromatic carbocycles. The van der Waals surface area contributed by atoms with Crippen LogP contribution in [0.15, 0.2) is 0 Å². The average molecular weight is 238 g/mol. The van der Waals surface area contributed by atoms with Crippen molar-refractivity contribution in [2.75, 3.05) is 6.54 Å². The number of amides is 1. The van der Waals surface area contributed by atoms with E-state index < -0.39 is 0 Å². The fourth-order valence-corrected chi connectivity index (χ4v) is 2.86. The fourth-order valence-electron chi connectivity index (χ4n) is 2.86. The first-order valence-corrected chi connectivity index (χ1v) is 7.28. The Kier molecular flexibility index (Phi) is 4.84. The lowest BCUT2D eigenvalue weighted by atomic mass is 9.80. The van der Waals surface area contributed by atoms with Crippen molar-refractivity contribution < 1.29 is 4.79 Å². The maximum Gasteiger partial charge on any atom is 0.220 e. The first-order valence-electron chi connectivity index (χ1n) is 7.28. The summed E-state index contributed by atoms with van der Waals surface area (Å²) in [5.41, 5.74) is 0. The molecule has 17 heavy (non-hydrogen) atoms. The molecule has 2 unspecified atom stereocenters. The van der Waals surface area contributed by atoms with E-state index in [2.05, 4.69) is 17.6 Å². The van der Waals surface area contributed by atoms with E-state index in [4.69, 9.17) is 0 Å². The molecule has 1 heterocycles. The Morgan fingerprint density at radius 1 is 1.29 bits per heavy atom. The molecule has 0 aromatic rings. The second-order valence-electron chi connectivity index (χ2n) is 5.73. The maximum absolute atomic E-state index is 11.8. The monoisotopic (exact) mass is 238 g/mol. The van der Waals surface area contributed by atoms with Gasteiger partial charge in [-0.15, -0.1) is 0 Å². The number of nitrogens with one attached hydrogen (secondary N) is 2. The summed E-state index contributed by atoms with van der Waals surface area (Å²) < 4.78 is 0. The topological polar surface area (TPSA) is 41.1 Å². The van der Waals surface area contributed by atoms with Gasteiger partial charge in [-0.25, -0.2) is 0 Å². The van der Waals surface area contributed by atoms with Gasteiger partial charge in [0, 0.05) is 18.5 Å². The van der Waals surface area contributed by atoms with E-state index in [-0.39, 0.29) is 5.91 Å². The zero-order valence-electron chi connectivity index (χ0n) is 11.0. The van der Waals surface area contributed by atoms with Crippen molar-refractivity contribution in [3.63, 3.8) is 0 Å². The molecule has 0 radical (unpaired) electrons. The second kappa shape index (κ2) is 6.39. The van der Waals surface area contributed by atoms with Crippen LogP contribution in [0.1, 0.15) is 58.3 Å². The molecule has 0 bridgehead atoms. The van der Waals surface area contributed by atoms with E-state index in [1.165, 1.54) is 38.5 Å². The summed E-state index contributed by atoms with van der Waals surface area (Å²) in [6.45, 7) is 3.28. The van der Waals surface area contributed by atoms with Gasteiger partial charge in [0.15, 0.2) is 0 Å². The van der Waals surface area contributed by atoms with Crippen LogP contribution < -0.4 is 10.6 Å². The van der Waals surface area contributed by atoms with Gasteiger partial charge < -0.3 is 10.6 Å². The zero-order valence-corrected chi connectivity index (χ0v) is 11.0. The fraction of sp³-hybridized carbons (Fsp3) is 0.929. The van der Waals surface area contributed by atoms with Crippen molar-refractivity contribution in [2.24, 2.45) is 5.92 Å². The van der Waals surface area contributed by atoms with Crippen LogP contribution in [0.25, 0.3) is 0 Å². The molecular weight excluding hydrogens is 212 g/mol. The van der Waals surface area contributed by atoms with Gasteiger partial charge in [-0.2, -0.15) is 0 Å². The van der Waals surface area contributed by atoms with E-state index in [0.29, 0.717) is 18.5 Å². The van der Waals surface area contributed by atoms with Crippen molar-refractivity contribution in [3.05, 3.63) is 0 Å². The van der Waals surface area contributed by atoms with Crippen LogP contribution in [-0.2, 0) is 4.79 Å². The molecule has 1 aliphatic heterocycles. The minimum atomic E-state index is 0.247. The highest BCUT2D eigenvalue weighted by Gasteiger charge is 2.25. The number of carbonyl (C=O) groups excluding carboxylic acids is 1. The third kappa shape index (κ3) is 3.98. The highest BCUT2D eigenvalue weighted by molar-refractivity contribution is 5.76. The standard InChI is InChI=1S/C14H26N2O/c1-11(12-5-4-6-12)16-14(17)9-8-13-7-2-3-10-15-13/h11-13,15H,2-10H2,1H3,(H,16,17). The summed E-state index contributed by atoms with van der Waals surface area (Å²) in [4.78, 5) is 11.8. The number of rotatable bonds is 5. The molecule has 2 rings (SSSR count). The second-order valence-corrected chi connectivity index (χ2v) is 5.73. The normalized spacial score (nSPS) is 27.2. The molecule has 2 atom stereocenters. The van der Waals surface area contributed by atoms with Gasteiger partial charge >= 0.3 is 0 Å². The third-order valence-electron chi connectivity index (χ3n) is 4.38. The summed E-state index contributed by atoms with van der Waals surface area (Å²) in [6, 6.07) is 0.962. The highest BCUT2D eigenvalue weighted by Crippen LogP contribution is 2.29. The van der Waals surface area contributed by atoms with Crippen molar-refractivity contribution in [1.29, 1.82) is 0 Å². The number of hydrogen-bond acceptors (Lipinski definition) is 2. The Morgan fingerprint density at radius 2 is 2.12 bits per heavy atom. The number of carbonyl (C=O) groups is 1. The van der Waals surface area contributed by atoms with E-state index in [1.807, 2.05) is 0 Å². The predicted molar refractivity (Wildman–Crippen MR) is 69.8 cm³/mol. The highest BCUT2D eigenvalue weighted by atomic mass is 16.1. The van der Waals surface area contributed by atoms with Crippen molar-refractivity contribution in [1.82, 2.24) is 10.6 Å². The molecule has 1 saturated carbocycles. The van der Waals surface area contributed by atoms with Crippen molar-refractivity contribution in [3.8, 4) is 0 Å². The van der Waals surface area contributed by atoms with Crippen LogP contribution in [-0.4, -0.2) is 24.5 Å². The summed E-state index contributed by atoms with van der Waals surface area (Å²) in [7, 11) is 0. The molecule has 1 amide bonds. The number of piperidine rings is 1. The molecular formula is C14H26N2O. The van der Waals surface area contributed by atoms with Crippen LogP contribution in [0, 0.1) is 5.92 Å². The van der Waals surface area contributed by atoms with Crippen molar-refractivity contribution in [2.45, 2.75) is 70.4 Å². The molecule has 0 aromatic heterocycles. The SMILES string of the molecule is CC(NC(=O)CCC1CCCCN1)C1CCC1. The van der Waals surface area contributed by atoms with Crippen molar-refractivity contribution >= 4 is 5.91 Å². The molecule has 1 saturated heterocycles. The molecule has 2 fully saturated rings. The Bertz CT molecular complexity index is 245. The van der Waals surface area contributed by atoms with Gasteiger partial charge in [0.2, 0.25) is 5.91 Å². The predicted octanol–water partition coefficient (Wildman–Crippen LogP) is 2.21. The van der Waals surface area contributed by atoms with Crippen LogP contribution in [0.3, 0.4) is 0 Å². The van der Waals surface area contributed by atoms with E-state index in [1.54, 1.807) is 0 Å². The summed E-state index contributed by atoms with van der Waals surface area (Å²) in [5, 5.41) is 6.65. The number of hydrogen-bond donors (Lipinski definition) is 2. The smallest absolute Gasteiger partial charge is 0.220 e. The Labute approximate surface area is 105 Å². The minimum Gasteiger partial charge on any atom is -0.353 e. The maximum atomic E-state index is 11.8. The van der Waals surface area contributed by atoms with Gasteiger partial charge in [-0.05, 0) is 51.5 Å². The third-order valence-corrected chi connectivity index (χ3v) is 4.38. The molecule has 2 aliphatic rings. The van der Waals surface area contributed by atoms with Crippen LogP contribution in [0.4, 0.5) is 0 Å². The Hall–Kier alpha value is -0.570. The van der Waals surface area contributed by atoms with Gasteiger partial charge in [0.05, 0.1) is 0 Å². The molecule has 1 aliphatic carbocycles. The van der Waals surface area contributed by atoms with Gasteiger partial charge in [0.25, 0.3) is 0 Å². The summed E-state index contributed by atoms with van der Waals surface area (Å²) in [5.74, 6) is 0.989. The molecule has 2 N–H and O–H groups in total. The molecule has 3 nitrogen and oxygen atoms in total. The van der Waals surface area contributed by atoms with E-state index >= 15 is 0 Å². The quantitative estimate of drug-likeness (QED) is 0.771. The van der Waals surface area contributed by atoms with Crippen LogP contribution >= 0.6 is 0 Å². The Morgan fingerprint density at radius 3 is 2.71 bits per heavy atom. The first-order chi connectivity index (χ1) is 8.25. The molecule has 0 spiro atoms. The van der Waals surface area contributed by atoms with Gasteiger partial charge in [-0.3, -0.25) is 4.79 Å². The summed E-state index contributed by atoms with van der Waals surface area (Å²) >= 11 is 0. The lowest BCUT2D eigenvalue weighted by molar-refractivity contribution is -0.122. The van der Waals surface area contributed by atoms with E-state index in [0.717, 1.165) is 18.9 Å². The lowest BCUT2D eigenvalue weighted by Crippen LogP contribution is -2.41. The average Bonchev–Trinajstić information content (AvgIpc) is 2.25. The molecule has 98 valence electrons. The van der Waals surface area contributed by atoms with Crippen LogP contribution in [0.5, 0.6) is 0 Å². The zero-order chi connectivity index (χ0) is 12.1. The Balaban J connectivity index is 1.59. The van der Waals surface area contributed by atoms with Gasteiger partial charge in [0.1, 0.15) is 0 Å².